The van der Waals surface area contributed by atoms with Crippen molar-refractivity contribution in [1.29, 1.82) is 0 Å². The van der Waals surface area contributed by atoms with Gasteiger partial charge in [-0.2, -0.15) is 0 Å². The van der Waals surface area contributed by atoms with E-state index < -0.39 is 0 Å². The SMILES string of the molecule is CC1CN(CC2(CO)CCCOC2)CC(C)(C)O1. The van der Waals surface area contributed by atoms with E-state index in [1.165, 1.54) is 0 Å². The smallest absolute Gasteiger partial charge is 0.0757 e. The highest BCUT2D eigenvalue weighted by Gasteiger charge is 2.38. The van der Waals surface area contributed by atoms with E-state index in [0.717, 1.165) is 39.1 Å². The Morgan fingerprint density at radius 2 is 2.17 bits per heavy atom. The van der Waals surface area contributed by atoms with Gasteiger partial charge in [0.25, 0.3) is 0 Å². The molecule has 18 heavy (non-hydrogen) atoms. The Morgan fingerprint density at radius 1 is 1.39 bits per heavy atom. The molecule has 0 amide bonds. The van der Waals surface area contributed by atoms with Crippen molar-refractivity contribution >= 4 is 0 Å². The minimum Gasteiger partial charge on any atom is -0.396 e. The van der Waals surface area contributed by atoms with Crippen LogP contribution in [0.15, 0.2) is 0 Å². The van der Waals surface area contributed by atoms with Crippen LogP contribution >= 0.6 is 0 Å². The van der Waals surface area contributed by atoms with Crippen LogP contribution < -0.4 is 0 Å². The highest BCUT2D eigenvalue weighted by molar-refractivity contribution is 4.89. The van der Waals surface area contributed by atoms with Gasteiger partial charge in [0.2, 0.25) is 0 Å². The predicted octanol–water partition coefficient (Wildman–Crippen LogP) is 1.27. The van der Waals surface area contributed by atoms with E-state index in [1.807, 2.05) is 0 Å². The fourth-order valence-corrected chi connectivity index (χ4v) is 3.39. The Balaban J connectivity index is 1.98. The number of aliphatic hydroxyl groups is 1. The molecule has 2 fully saturated rings. The van der Waals surface area contributed by atoms with Gasteiger partial charge < -0.3 is 14.6 Å². The van der Waals surface area contributed by atoms with Crippen molar-refractivity contribution in [2.24, 2.45) is 5.41 Å². The van der Waals surface area contributed by atoms with Gasteiger partial charge in [-0.1, -0.05) is 0 Å². The topological polar surface area (TPSA) is 41.9 Å². The van der Waals surface area contributed by atoms with Gasteiger partial charge >= 0.3 is 0 Å². The molecule has 4 nitrogen and oxygen atoms in total. The number of rotatable bonds is 3. The zero-order valence-corrected chi connectivity index (χ0v) is 11.9. The summed E-state index contributed by atoms with van der Waals surface area (Å²) < 4.78 is 11.5. The quantitative estimate of drug-likeness (QED) is 0.827. The lowest BCUT2D eigenvalue weighted by atomic mass is 9.82. The minimum atomic E-state index is -0.0934. The second-order valence-corrected chi connectivity index (χ2v) is 6.67. The summed E-state index contributed by atoms with van der Waals surface area (Å²) in [6.07, 6.45) is 2.38. The molecule has 0 aromatic rings. The lowest BCUT2D eigenvalue weighted by molar-refractivity contribution is -0.145. The Bertz CT molecular complexity index is 274. The number of hydrogen-bond acceptors (Lipinski definition) is 4. The molecule has 106 valence electrons. The molecule has 0 spiro atoms. The number of hydrogen-bond donors (Lipinski definition) is 1. The van der Waals surface area contributed by atoms with E-state index in [2.05, 4.69) is 25.7 Å². The standard InChI is InChI=1S/C14H27NO3/c1-12-7-15(8-13(2,3)18-12)9-14(10-16)5-4-6-17-11-14/h12,16H,4-11H2,1-3H3. The van der Waals surface area contributed by atoms with Gasteiger partial charge in [-0.3, -0.25) is 4.90 Å². The Labute approximate surface area is 110 Å². The second-order valence-electron chi connectivity index (χ2n) is 6.67. The molecule has 2 aliphatic rings. The average Bonchev–Trinajstić information content (AvgIpc) is 2.27. The van der Waals surface area contributed by atoms with Gasteiger partial charge in [0.1, 0.15) is 0 Å². The second kappa shape index (κ2) is 5.45. The van der Waals surface area contributed by atoms with Crippen molar-refractivity contribution in [2.45, 2.75) is 45.3 Å². The average molecular weight is 257 g/mol. The molecule has 2 unspecified atom stereocenters. The molecule has 0 bridgehead atoms. The van der Waals surface area contributed by atoms with Gasteiger partial charge in [0.15, 0.2) is 0 Å². The summed E-state index contributed by atoms with van der Waals surface area (Å²) in [5.41, 5.74) is -0.158. The summed E-state index contributed by atoms with van der Waals surface area (Å²) in [6, 6.07) is 0. The molecule has 2 rings (SSSR count). The van der Waals surface area contributed by atoms with Crippen molar-refractivity contribution in [2.75, 3.05) is 39.5 Å². The summed E-state index contributed by atoms with van der Waals surface area (Å²) in [5.74, 6) is 0. The fourth-order valence-electron chi connectivity index (χ4n) is 3.39. The summed E-state index contributed by atoms with van der Waals surface area (Å²) in [7, 11) is 0. The first-order valence-corrected chi connectivity index (χ1v) is 7.04. The van der Waals surface area contributed by atoms with E-state index in [-0.39, 0.29) is 23.7 Å². The minimum absolute atomic E-state index is 0.0641. The monoisotopic (exact) mass is 257 g/mol. The first kappa shape index (κ1) is 14.3. The van der Waals surface area contributed by atoms with E-state index in [4.69, 9.17) is 9.47 Å². The Hall–Kier alpha value is -0.160. The molecular weight excluding hydrogens is 230 g/mol. The molecule has 2 saturated heterocycles. The molecule has 0 aromatic carbocycles. The van der Waals surface area contributed by atoms with Crippen LogP contribution in [0.5, 0.6) is 0 Å². The molecule has 2 heterocycles. The first-order chi connectivity index (χ1) is 8.45. The van der Waals surface area contributed by atoms with Crippen LogP contribution in [-0.2, 0) is 9.47 Å². The summed E-state index contributed by atoms with van der Waals surface area (Å²) in [4.78, 5) is 2.43. The number of aliphatic hydroxyl groups excluding tert-OH is 1. The molecule has 1 N–H and O–H groups in total. The van der Waals surface area contributed by atoms with E-state index in [0.29, 0.717) is 6.61 Å². The largest absolute Gasteiger partial charge is 0.396 e. The summed E-state index contributed by atoms with van der Waals surface area (Å²) in [5, 5.41) is 9.73. The predicted molar refractivity (Wildman–Crippen MR) is 70.6 cm³/mol. The third-order valence-electron chi connectivity index (χ3n) is 3.94. The van der Waals surface area contributed by atoms with E-state index in [1.54, 1.807) is 0 Å². The van der Waals surface area contributed by atoms with Crippen LogP contribution in [0.1, 0.15) is 33.6 Å². The van der Waals surface area contributed by atoms with Gasteiger partial charge in [0, 0.05) is 31.7 Å². The lowest BCUT2D eigenvalue weighted by Gasteiger charge is -2.46. The normalized spacial score (nSPS) is 37.7. The summed E-state index contributed by atoms with van der Waals surface area (Å²) in [6.45, 7) is 10.9. The maximum Gasteiger partial charge on any atom is 0.0757 e. The zero-order valence-electron chi connectivity index (χ0n) is 11.9. The van der Waals surface area contributed by atoms with Crippen molar-refractivity contribution in [3.8, 4) is 0 Å². The number of nitrogens with zero attached hydrogens (tertiary/aromatic N) is 1. The fraction of sp³-hybridized carbons (Fsp3) is 1.00. The Morgan fingerprint density at radius 3 is 2.72 bits per heavy atom. The third-order valence-corrected chi connectivity index (χ3v) is 3.94. The highest BCUT2D eigenvalue weighted by Crippen LogP contribution is 2.31. The first-order valence-electron chi connectivity index (χ1n) is 7.04. The number of ether oxygens (including phenoxy) is 2. The van der Waals surface area contributed by atoms with E-state index in [9.17, 15) is 5.11 Å². The van der Waals surface area contributed by atoms with Crippen LogP contribution in [0.3, 0.4) is 0 Å². The molecule has 0 saturated carbocycles. The van der Waals surface area contributed by atoms with Gasteiger partial charge in [-0.15, -0.1) is 0 Å². The van der Waals surface area contributed by atoms with Crippen molar-refractivity contribution in [1.82, 2.24) is 4.90 Å². The third kappa shape index (κ3) is 3.44. The lowest BCUT2D eigenvalue weighted by Crippen LogP contribution is -2.56. The maximum atomic E-state index is 9.73. The van der Waals surface area contributed by atoms with Crippen LogP contribution in [0, 0.1) is 5.41 Å². The maximum absolute atomic E-state index is 9.73. The summed E-state index contributed by atoms with van der Waals surface area (Å²) >= 11 is 0. The molecule has 2 aliphatic heterocycles. The van der Waals surface area contributed by atoms with Crippen LogP contribution in [0.4, 0.5) is 0 Å². The molecule has 4 heteroatoms. The van der Waals surface area contributed by atoms with Crippen molar-refractivity contribution in [3.05, 3.63) is 0 Å². The number of morpholine rings is 1. The molecule has 0 radical (unpaired) electrons. The van der Waals surface area contributed by atoms with Gasteiger partial charge in [-0.05, 0) is 33.6 Å². The van der Waals surface area contributed by atoms with Crippen molar-refractivity contribution in [3.63, 3.8) is 0 Å². The van der Waals surface area contributed by atoms with Crippen LogP contribution in [-0.4, -0.2) is 61.2 Å². The van der Waals surface area contributed by atoms with Gasteiger partial charge in [-0.25, -0.2) is 0 Å². The van der Waals surface area contributed by atoms with E-state index >= 15 is 0 Å². The molecule has 0 aliphatic carbocycles. The van der Waals surface area contributed by atoms with Crippen LogP contribution in [0.2, 0.25) is 0 Å². The molecular formula is C14H27NO3. The Kier molecular flexibility index (Phi) is 4.32. The van der Waals surface area contributed by atoms with Gasteiger partial charge in [0.05, 0.1) is 24.9 Å². The highest BCUT2D eigenvalue weighted by atomic mass is 16.5. The zero-order chi connectivity index (χ0) is 13.2. The molecule has 0 aromatic heterocycles. The van der Waals surface area contributed by atoms with Crippen molar-refractivity contribution < 1.29 is 14.6 Å². The van der Waals surface area contributed by atoms with Crippen LogP contribution in [0.25, 0.3) is 0 Å². The molecule has 2 atom stereocenters.